The molecular weight excluding hydrogens is 303 g/mol. The van der Waals surface area contributed by atoms with Crippen molar-refractivity contribution in [3.63, 3.8) is 0 Å². The van der Waals surface area contributed by atoms with Crippen LogP contribution >= 0.6 is 0 Å². The molecule has 8 heteroatoms. The van der Waals surface area contributed by atoms with Gasteiger partial charge in [0.25, 0.3) is 0 Å². The van der Waals surface area contributed by atoms with Crippen LogP contribution in [0.25, 0.3) is 0 Å². The molecule has 0 spiro atoms. The van der Waals surface area contributed by atoms with Gasteiger partial charge in [0.2, 0.25) is 5.91 Å². The number of carbonyl (C=O) groups excluding carboxylic acids is 1. The smallest absolute Gasteiger partial charge is 0.389 e. The van der Waals surface area contributed by atoms with Crippen LogP contribution in [0.2, 0.25) is 0 Å². The number of amides is 1. The van der Waals surface area contributed by atoms with Crippen LogP contribution in [0.15, 0.2) is 18.2 Å². The number of alkyl halides is 3. The Morgan fingerprint density at radius 1 is 1.32 bits per heavy atom. The van der Waals surface area contributed by atoms with Gasteiger partial charge in [-0.3, -0.25) is 4.79 Å². The summed E-state index contributed by atoms with van der Waals surface area (Å²) in [6.45, 7) is 3.45. The highest BCUT2D eigenvalue weighted by molar-refractivity contribution is 5.95. The zero-order valence-electron chi connectivity index (χ0n) is 12.0. The first-order valence-electron chi connectivity index (χ1n) is 6.49. The predicted molar refractivity (Wildman–Crippen MR) is 73.1 cm³/mol. The van der Waals surface area contributed by atoms with E-state index in [1.54, 1.807) is 13.8 Å². The molecule has 22 heavy (non-hydrogen) atoms. The molecule has 0 unspecified atom stereocenters. The molecule has 1 aromatic rings. The van der Waals surface area contributed by atoms with Crippen molar-refractivity contribution in [3.05, 3.63) is 23.8 Å². The van der Waals surface area contributed by atoms with E-state index in [2.05, 4.69) is 5.32 Å². The number of hydrogen-bond donors (Lipinski definition) is 2. The molecule has 0 radical (unpaired) electrons. The first-order chi connectivity index (χ1) is 10.1. The number of carbonyl (C=O) groups is 2. The van der Waals surface area contributed by atoms with Crippen molar-refractivity contribution >= 4 is 17.6 Å². The second kappa shape index (κ2) is 7.15. The van der Waals surface area contributed by atoms with Gasteiger partial charge in [-0.2, -0.15) is 13.2 Å². The van der Waals surface area contributed by atoms with Crippen LogP contribution in [-0.2, 0) is 4.79 Å². The standard InChI is InChI=1S/C14H16F3NO4/c1-8(2)22-11-4-3-9(13(20)21)7-10(11)18-12(19)5-6-14(15,16)17/h3-4,7-8H,5-6H2,1-2H3,(H,18,19)(H,20,21). The average molecular weight is 319 g/mol. The number of aromatic carboxylic acids is 1. The number of nitrogens with one attached hydrogen (secondary N) is 1. The number of hydrogen-bond acceptors (Lipinski definition) is 3. The Bertz CT molecular complexity index is 556. The van der Waals surface area contributed by atoms with Crippen molar-refractivity contribution in [3.8, 4) is 5.75 Å². The zero-order chi connectivity index (χ0) is 16.9. The van der Waals surface area contributed by atoms with E-state index in [1.807, 2.05) is 0 Å². The number of ether oxygens (including phenoxy) is 1. The number of carboxylic acid groups (broad SMARTS) is 1. The highest BCUT2D eigenvalue weighted by Gasteiger charge is 2.28. The molecule has 1 amide bonds. The van der Waals surface area contributed by atoms with Crippen LogP contribution in [0.1, 0.15) is 37.0 Å². The normalized spacial score (nSPS) is 11.4. The highest BCUT2D eigenvalue weighted by Crippen LogP contribution is 2.28. The largest absolute Gasteiger partial charge is 0.489 e. The van der Waals surface area contributed by atoms with Gasteiger partial charge in [-0.15, -0.1) is 0 Å². The fourth-order valence-corrected chi connectivity index (χ4v) is 1.59. The molecule has 0 saturated heterocycles. The van der Waals surface area contributed by atoms with Crippen LogP contribution in [0.5, 0.6) is 5.75 Å². The van der Waals surface area contributed by atoms with Gasteiger partial charge in [-0.1, -0.05) is 0 Å². The number of halogens is 3. The summed E-state index contributed by atoms with van der Waals surface area (Å²) in [6, 6.07) is 3.78. The van der Waals surface area contributed by atoms with E-state index in [9.17, 15) is 22.8 Å². The first-order valence-corrected chi connectivity index (χ1v) is 6.49. The lowest BCUT2D eigenvalue weighted by Gasteiger charge is -2.16. The number of rotatable bonds is 6. The molecule has 0 aliphatic heterocycles. The summed E-state index contributed by atoms with van der Waals surface area (Å²) in [5.74, 6) is -1.89. The lowest BCUT2D eigenvalue weighted by molar-refractivity contribution is -0.142. The number of benzene rings is 1. The third kappa shape index (κ3) is 6.02. The van der Waals surface area contributed by atoms with Crippen LogP contribution in [0.3, 0.4) is 0 Å². The van der Waals surface area contributed by atoms with Crippen LogP contribution in [-0.4, -0.2) is 29.3 Å². The Labute approximate surface area is 125 Å². The summed E-state index contributed by atoms with van der Waals surface area (Å²) in [5.41, 5.74) is -0.0806. The Hall–Kier alpha value is -2.25. The van der Waals surface area contributed by atoms with E-state index < -0.39 is 30.9 Å². The van der Waals surface area contributed by atoms with Gasteiger partial charge in [0, 0.05) is 6.42 Å². The fourth-order valence-electron chi connectivity index (χ4n) is 1.59. The van der Waals surface area contributed by atoms with Crippen molar-refractivity contribution in [1.29, 1.82) is 0 Å². The van der Waals surface area contributed by atoms with Gasteiger partial charge < -0.3 is 15.2 Å². The molecule has 0 aliphatic rings. The van der Waals surface area contributed by atoms with Gasteiger partial charge >= 0.3 is 12.1 Å². The third-order valence-electron chi connectivity index (χ3n) is 2.50. The predicted octanol–water partition coefficient (Wildman–Crippen LogP) is 3.45. The molecule has 1 aromatic carbocycles. The minimum atomic E-state index is -4.43. The molecule has 0 bridgehead atoms. The maximum Gasteiger partial charge on any atom is 0.389 e. The Kier molecular flexibility index (Phi) is 5.78. The van der Waals surface area contributed by atoms with Gasteiger partial charge in [0.1, 0.15) is 5.75 Å². The molecule has 0 atom stereocenters. The van der Waals surface area contributed by atoms with Crippen LogP contribution in [0.4, 0.5) is 18.9 Å². The van der Waals surface area contributed by atoms with E-state index in [4.69, 9.17) is 9.84 Å². The summed E-state index contributed by atoms with van der Waals surface area (Å²) in [5, 5.41) is 11.2. The lowest BCUT2D eigenvalue weighted by atomic mass is 10.1. The second-order valence-corrected chi connectivity index (χ2v) is 4.85. The monoisotopic (exact) mass is 319 g/mol. The molecule has 0 fully saturated rings. The summed E-state index contributed by atoms with van der Waals surface area (Å²) >= 11 is 0. The Morgan fingerprint density at radius 3 is 2.45 bits per heavy atom. The van der Waals surface area contributed by atoms with Crippen molar-refractivity contribution < 1.29 is 32.6 Å². The SMILES string of the molecule is CC(C)Oc1ccc(C(=O)O)cc1NC(=O)CCC(F)(F)F. The van der Waals surface area contributed by atoms with E-state index in [1.165, 1.54) is 12.1 Å². The van der Waals surface area contributed by atoms with Crippen molar-refractivity contribution in [1.82, 2.24) is 0 Å². The maximum absolute atomic E-state index is 12.1. The van der Waals surface area contributed by atoms with E-state index in [0.717, 1.165) is 6.07 Å². The summed E-state index contributed by atoms with van der Waals surface area (Å²) in [6.07, 6.45) is -6.68. The molecule has 0 aromatic heterocycles. The summed E-state index contributed by atoms with van der Waals surface area (Å²) in [4.78, 5) is 22.5. The Morgan fingerprint density at radius 2 is 1.95 bits per heavy atom. The van der Waals surface area contributed by atoms with E-state index in [0.29, 0.717) is 0 Å². The summed E-state index contributed by atoms with van der Waals surface area (Å²) in [7, 11) is 0. The van der Waals surface area contributed by atoms with Crippen LogP contribution < -0.4 is 10.1 Å². The molecular formula is C14H16F3NO4. The van der Waals surface area contributed by atoms with E-state index in [-0.39, 0.29) is 23.1 Å². The fraction of sp³-hybridized carbons (Fsp3) is 0.429. The second-order valence-electron chi connectivity index (χ2n) is 4.85. The van der Waals surface area contributed by atoms with Gasteiger partial charge in [0.15, 0.2) is 0 Å². The van der Waals surface area contributed by atoms with Gasteiger partial charge in [-0.25, -0.2) is 4.79 Å². The van der Waals surface area contributed by atoms with Crippen LogP contribution in [0, 0.1) is 0 Å². The van der Waals surface area contributed by atoms with Crippen molar-refractivity contribution in [2.45, 2.75) is 39.0 Å². The number of anilines is 1. The molecule has 0 saturated carbocycles. The van der Waals surface area contributed by atoms with Gasteiger partial charge in [-0.05, 0) is 32.0 Å². The van der Waals surface area contributed by atoms with E-state index >= 15 is 0 Å². The van der Waals surface area contributed by atoms with Gasteiger partial charge in [0.05, 0.1) is 23.8 Å². The Balaban J connectivity index is 2.91. The minimum absolute atomic E-state index is 0.0285. The third-order valence-corrected chi connectivity index (χ3v) is 2.50. The lowest BCUT2D eigenvalue weighted by Crippen LogP contribution is -2.18. The molecule has 122 valence electrons. The zero-order valence-corrected chi connectivity index (χ0v) is 12.0. The molecule has 0 aliphatic carbocycles. The first kappa shape index (κ1) is 17.8. The highest BCUT2D eigenvalue weighted by atomic mass is 19.4. The minimum Gasteiger partial charge on any atom is -0.489 e. The molecule has 2 N–H and O–H groups in total. The molecule has 5 nitrogen and oxygen atoms in total. The molecule has 0 heterocycles. The maximum atomic E-state index is 12.1. The number of carboxylic acids is 1. The summed E-state index contributed by atoms with van der Waals surface area (Å²) < 4.78 is 41.7. The van der Waals surface area contributed by atoms with Crippen molar-refractivity contribution in [2.75, 3.05) is 5.32 Å². The topological polar surface area (TPSA) is 75.6 Å². The van der Waals surface area contributed by atoms with Crippen molar-refractivity contribution in [2.24, 2.45) is 0 Å². The molecule has 1 rings (SSSR count). The quantitative estimate of drug-likeness (QED) is 0.842. The average Bonchev–Trinajstić information content (AvgIpc) is 2.37.